The largest absolute Gasteiger partial charge is 0.230 e. The predicted molar refractivity (Wildman–Crippen MR) is 54.0 cm³/mol. The van der Waals surface area contributed by atoms with Crippen LogP contribution in [0.15, 0.2) is 0 Å². The summed E-state index contributed by atoms with van der Waals surface area (Å²) in [6, 6.07) is 1.90. The lowest BCUT2D eigenvalue weighted by Gasteiger charge is -2.23. The maximum absolute atomic E-state index is 11.8. The van der Waals surface area contributed by atoms with Crippen LogP contribution in [0.3, 0.4) is 0 Å². The van der Waals surface area contributed by atoms with Gasteiger partial charge in [0.1, 0.15) is 0 Å². The smallest absolute Gasteiger partial charge is 0.211 e. The Labute approximate surface area is 85.6 Å². The van der Waals surface area contributed by atoms with E-state index in [1.54, 1.807) is 6.07 Å². The van der Waals surface area contributed by atoms with Gasteiger partial charge in [0.25, 0.3) is 0 Å². The van der Waals surface area contributed by atoms with Gasteiger partial charge in [0.2, 0.25) is 10.0 Å². The van der Waals surface area contributed by atoms with E-state index in [0.717, 1.165) is 19.3 Å². The minimum Gasteiger partial charge on any atom is -0.211 e. The van der Waals surface area contributed by atoms with Crippen molar-refractivity contribution in [2.45, 2.75) is 44.4 Å². The molecule has 0 aromatic carbocycles. The third-order valence-corrected chi connectivity index (χ3v) is 4.88. The molecule has 0 radical (unpaired) electrons. The molecule has 0 aromatic rings. The fraction of sp³-hybridized carbons (Fsp3) is 0.889. The molecule has 0 bridgehead atoms. The van der Waals surface area contributed by atoms with Gasteiger partial charge in [-0.25, -0.2) is 8.42 Å². The Bertz CT molecular complexity index is 331. The molecule has 1 fully saturated rings. The van der Waals surface area contributed by atoms with Gasteiger partial charge >= 0.3 is 0 Å². The SMILES string of the molecule is CCC1CCCN1S(=O)(=O)C(C)C#N. The number of sulfonamides is 1. The lowest BCUT2D eigenvalue weighted by atomic mass is 10.2. The van der Waals surface area contributed by atoms with Crippen LogP contribution in [-0.2, 0) is 10.0 Å². The van der Waals surface area contributed by atoms with Gasteiger partial charge in [-0.05, 0) is 26.2 Å². The third kappa shape index (κ3) is 1.91. The highest BCUT2D eigenvalue weighted by atomic mass is 32.2. The first-order chi connectivity index (χ1) is 6.54. The normalized spacial score (nSPS) is 25.9. The van der Waals surface area contributed by atoms with Gasteiger partial charge in [-0.2, -0.15) is 9.57 Å². The highest BCUT2D eigenvalue weighted by Gasteiger charge is 2.36. The number of hydrogen-bond acceptors (Lipinski definition) is 3. The molecular weight excluding hydrogens is 200 g/mol. The standard InChI is InChI=1S/C9H16N2O2S/c1-3-9-5-4-6-11(9)14(12,13)8(2)7-10/h8-9H,3-6H2,1-2H3. The van der Waals surface area contributed by atoms with Gasteiger partial charge < -0.3 is 0 Å². The third-order valence-electron chi connectivity index (χ3n) is 2.75. The molecule has 0 saturated carbocycles. The molecule has 2 unspecified atom stereocenters. The average Bonchev–Trinajstić information content (AvgIpc) is 2.64. The zero-order chi connectivity index (χ0) is 10.8. The van der Waals surface area contributed by atoms with Crippen molar-refractivity contribution in [1.29, 1.82) is 5.26 Å². The maximum Gasteiger partial charge on any atom is 0.230 e. The molecule has 0 spiro atoms. The first-order valence-corrected chi connectivity index (χ1v) is 6.44. The van der Waals surface area contributed by atoms with Crippen LogP contribution in [0.5, 0.6) is 0 Å². The minimum absolute atomic E-state index is 0.107. The maximum atomic E-state index is 11.8. The molecule has 1 aliphatic rings. The van der Waals surface area contributed by atoms with Crippen LogP contribution in [0.25, 0.3) is 0 Å². The molecule has 1 rings (SSSR count). The molecule has 1 aliphatic heterocycles. The van der Waals surface area contributed by atoms with Crippen molar-refractivity contribution in [2.75, 3.05) is 6.54 Å². The Morgan fingerprint density at radius 2 is 2.29 bits per heavy atom. The van der Waals surface area contributed by atoms with Crippen LogP contribution in [0.1, 0.15) is 33.1 Å². The summed E-state index contributed by atoms with van der Waals surface area (Å²) in [5, 5.41) is 7.71. The van der Waals surface area contributed by atoms with Crippen LogP contribution in [-0.4, -0.2) is 30.6 Å². The Kier molecular flexibility index (Phi) is 3.51. The quantitative estimate of drug-likeness (QED) is 0.709. The molecule has 1 heterocycles. The second-order valence-electron chi connectivity index (χ2n) is 3.63. The van der Waals surface area contributed by atoms with Gasteiger partial charge in [-0.1, -0.05) is 6.92 Å². The Balaban J connectivity index is 2.88. The van der Waals surface area contributed by atoms with E-state index >= 15 is 0 Å². The predicted octanol–water partition coefficient (Wildman–Crippen LogP) is 1.10. The van der Waals surface area contributed by atoms with E-state index in [-0.39, 0.29) is 6.04 Å². The fourth-order valence-electron chi connectivity index (χ4n) is 1.82. The summed E-state index contributed by atoms with van der Waals surface area (Å²) in [7, 11) is -3.38. The Hall–Kier alpha value is -0.600. The van der Waals surface area contributed by atoms with Gasteiger partial charge in [0.05, 0.1) is 6.07 Å². The number of nitrogens with zero attached hydrogens (tertiary/aromatic N) is 2. The van der Waals surface area contributed by atoms with Crippen molar-refractivity contribution >= 4 is 10.0 Å². The summed E-state index contributed by atoms with van der Waals surface area (Å²) < 4.78 is 25.2. The van der Waals surface area contributed by atoms with Gasteiger partial charge in [-0.3, -0.25) is 0 Å². The van der Waals surface area contributed by atoms with Crippen molar-refractivity contribution in [1.82, 2.24) is 4.31 Å². The molecule has 0 N–H and O–H groups in total. The van der Waals surface area contributed by atoms with Crippen LogP contribution in [0.2, 0.25) is 0 Å². The van der Waals surface area contributed by atoms with Crippen LogP contribution in [0, 0.1) is 11.3 Å². The lowest BCUT2D eigenvalue weighted by Crippen LogP contribution is -2.39. The van der Waals surface area contributed by atoms with Gasteiger partial charge in [0.15, 0.2) is 5.25 Å². The molecule has 0 aromatic heterocycles. The first-order valence-electron chi connectivity index (χ1n) is 4.94. The van der Waals surface area contributed by atoms with Crippen molar-refractivity contribution < 1.29 is 8.42 Å². The fourth-order valence-corrected chi connectivity index (χ4v) is 3.41. The molecule has 80 valence electrons. The van der Waals surface area contributed by atoms with E-state index in [1.807, 2.05) is 6.92 Å². The van der Waals surface area contributed by atoms with Crippen molar-refractivity contribution in [3.63, 3.8) is 0 Å². The lowest BCUT2D eigenvalue weighted by molar-refractivity contribution is 0.377. The summed E-state index contributed by atoms with van der Waals surface area (Å²) in [4.78, 5) is 0. The minimum atomic E-state index is -3.38. The van der Waals surface area contributed by atoms with Crippen molar-refractivity contribution in [3.8, 4) is 6.07 Å². The molecule has 0 aliphatic carbocycles. The van der Waals surface area contributed by atoms with Crippen molar-refractivity contribution in [2.24, 2.45) is 0 Å². The summed E-state index contributed by atoms with van der Waals surface area (Å²) in [6.07, 6.45) is 2.67. The van der Waals surface area contributed by atoms with Gasteiger partial charge in [-0.15, -0.1) is 0 Å². The van der Waals surface area contributed by atoms with Gasteiger partial charge in [0, 0.05) is 12.6 Å². The summed E-state index contributed by atoms with van der Waals surface area (Å²) in [5.74, 6) is 0. The summed E-state index contributed by atoms with van der Waals surface area (Å²) in [6.45, 7) is 4.00. The second kappa shape index (κ2) is 4.28. The van der Waals surface area contributed by atoms with Crippen LogP contribution in [0.4, 0.5) is 0 Å². The Morgan fingerprint density at radius 3 is 2.79 bits per heavy atom. The Morgan fingerprint density at radius 1 is 1.64 bits per heavy atom. The molecule has 0 amide bonds. The number of hydrogen-bond donors (Lipinski definition) is 0. The highest BCUT2D eigenvalue weighted by molar-refractivity contribution is 7.90. The zero-order valence-corrected chi connectivity index (χ0v) is 9.42. The van der Waals surface area contributed by atoms with E-state index in [2.05, 4.69) is 0 Å². The van der Waals surface area contributed by atoms with Crippen LogP contribution < -0.4 is 0 Å². The topological polar surface area (TPSA) is 61.2 Å². The van der Waals surface area contributed by atoms with E-state index < -0.39 is 15.3 Å². The van der Waals surface area contributed by atoms with E-state index in [9.17, 15) is 8.42 Å². The zero-order valence-electron chi connectivity index (χ0n) is 8.60. The van der Waals surface area contributed by atoms with E-state index in [1.165, 1.54) is 11.2 Å². The molecule has 4 nitrogen and oxygen atoms in total. The monoisotopic (exact) mass is 216 g/mol. The summed E-state index contributed by atoms with van der Waals surface area (Å²) >= 11 is 0. The second-order valence-corrected chi connectivity index (χ2v) is 5.84. The molecule has 5 heteroatoms. The summed E-state index contributed by atoms with van der Waals surface area (Å²) in [5.41, 5.74) is 0. The average molecular weight is 216 g/mol. The number of nitriles is 1. The molecule has 1 saturated heterocycles. The van der Waals surface area contributed by atoms with Crippen LogP contribution >= 0.6 is 0 Å². The molecule has 14 heavy (non-hydrogen) atoms. The first kappa shape index (κ1) is 11.5. The van der Waals surface area contributed by atoms with E-state index in [0.29, 0.717) is 6.54 Å². The van der Waals surface area contributed by atoms with Crippen molar-refractivity contribution in [3.05, 3.63) is 0 Å². The molecular formula is C9H16N2O2S. The molecule has 2 atom stereocenters. The number of rotatable bonds is 3. The highest BCUT2D eigenvalue weighted by Crippen LogP contribution is 2.25. The van der Waals surface area contributed by atoms with E-state index in [4.69, 9.17) is 5.26 Å².